The lowest BCUT2D eigenvalue weighted by Gasteiger charge is -2.08. The zero-order valence-corrected chi connectivity index (χ0v) is 12.3. The van der Waals surface area contributed by atoms with Crippen LogP contribution in [-0.2, 0) is 0 Å². The van der Waals surface area contributed by atoms with Crippen LogP contribution in [0.2, 0.25) is 20.4 Å². The third kappa shape index (κ3) is 3.51. The van der Waals surface area contributed by atoms with E-state index in [0.717, 1.165) is 0 Å². The number of methoxy groups -OCH3 is 1. The van der Waals surface area contributed by atoms with Gasteiger partial charge in [0.1, 0.15) is 0 Å². The summed E-state index contributed by atoms with van der Waals surface area (Å²) in [5.74, 6) is 0.164. The molecule has 0 amide bonds. The highest BCUT2D eigenvalue weighted by Crippen LogP contribution is 2.38. The van der Waals surface area contributed by atoms with Crippen molar-refractivity contribution in [3.8, 4) is 17.8 Å². The van der Waals surface area contributed by atoms with Gasteiger partial charge < -0.3 is 9.47 Å². The summed E-state index contributed by atoms with van der Waals surface area (Å²) in [4.78, 5) is 11.3. The molecule has 0 bridgehead atoms. The van der Waals surface area contributed by atoms with Crippen LogP contribution in [-0.4, -0.2) is 22.1 Å². The smallest absolute Gasteiger partial charge is 0.329 e. The monoisotopic (exact) mass is 339 g/mol. The van der Waals surface area contributed by atoms with Crippen molar-refractivity contribution in [3.63, 3.8) is 0 Å². The SMILES string of the molecule is COc1nc(Cl)nc(Oc2c(Cl)cc(Cl)cc2Cl)n1. The molecule has 5 nitrogen and oxygen atoms in total. The molecule has 0 unspecified atom stereocenters. The van der Waals surface area contributed by atoms with E-state index in [1.807, 2.05) is 0 Å². The van der Waals surface area contributed by atoms with Crippen LogP contribution in [0.4, 0.5) is 0 Å². The van der Waals surface area contributed by atoms with Gasteiger partial charge in [-0.05, 0) is 23.7 Å². The number of hydrogen-bond acceptors (Lipinski definition) is 5. The fourth-order valence-corrected chi connectivity index (χ4v) is 2.21. The van der Waals surface area contributed by atoms with Crippen molar-refractivity contribution in [1.82, 2.24) is 15.0 Å². The van der Waals surface area contributed by atoms with E-state index in [-0.39, 0.29) is 33.1 Å². The molecule has 0 spiro atoms. The van der Waals surface area contributed by atoms with Crippen molar-refractivity contribution in [1.29, 1.82) is 0 Å². The Bertz CT molecular complexity index is 601. The van der Waals surface area contributed by atoms with E-state index in [1.165, 1.54) is 19.2 Å². The molecule has 0 saturated heterocycles. The molecule has 1 aromatic heterocycles. The van der Waals surface area contributed by atoms with E-state index >= 15 is 0 Å². The lowest BCUT2D eigenvalue weighted by atomic mass is 10.3. The van der Waals surface area contributed by atoms with Crippen LogP contribution < -0.4 is 9.47 Å². The van der Waals surface area contributed by atoms with E-state index < -0.39 is 0 Å². The van der Waals surface area contributed by atoms with Gasteiger partial charge in [-0.3, -0.25) is 0 Å². The first-order chi connectivity index (χ1) is 8.99. The summed E-state index contributed by atoms with van der Waals surface area (Å²) >= 11 is 23.4. The third-order valence-electron chi connectivity index (χ3n) is 1.91. The number of hydrogen-bond donors (Lipinski definition) is 0. The molecule has 0 aliphatic carbocycles. The van der Waals surface area contributed by atoms with Crippen molar-refractivity contribution in [2.75, 3.05) is 7.11 Å². The Hall–Kier alpha value is -1.01. The Kier molecular flexibility index (Phi) is 4.52. The maximum absolute atomic E-state index is 5.97. The van der Waals surface area contributed by atoms with Gasteiger partial charge in [-0.1, -0.05) is 34.8 Å². The standard InChI is InChI=1S/C10H5Cl4N3O2/c1-18-9-15-8(14)16-10(17-9)19-7-5(12)2-4(11)3-6(7)13/h2-3H,1H3. The molecule has 0 radical (unpaired) electrons. The Labute approximate surface area is 128 Å². The maximum Gasteiger partial charge on any atom is 0.329 e. The number of benzene rings is 1. The first-order valence-electron chi connectivity index (χ1n) is 4.77. The molecule has 0 N–H and O–H groups in total. The third-order valence-corrected chi connectivity index (χ3v) is 2.85. The van der Waals surface area contributed by atoms with Gasteiger partial charge in [0, 0.05) is 5.02 Å². The van der Waals surface area contributed by atoms with Crippen LogP contribution in [0.1, 0.15) is 0 Å². The second kappa shape index (κ2) is 5.96. The number of aromatic nitrogens is 3. The average molecular weight is 341 g/mol. The summed E-state index contributed by atoms with van der Waals surface area (Å²) in [7, 11) is 1.39. The molecule has 0 aliphatic rings. The minimum atomic E-state index is -0.0945. The predicted octanol–water partition coefficient (Wildman–Crippen LogP) is 4.29. The minimum Gasteiger partial charge on any atom is -0.467 e. The Balaban J connectivity index is 2.39. The zero-order valence-electron chi connectivity index (χ0n) is 9.32. The highest BCUT2D eigenvalue weighted by Gasteiger charge is 2.14. The maximum atomic E-state index is 5.97. The fourth-order valence-electron chi connectivity index (χ4n) is 1.17. The molecule has 1 aromatic carbocycles. The second-order valence-electron chi connectivity index (χ2n) is 3.17. The molecular formula is C10H5Cl4N3O2. The van der Waals surface area contributed by atoms with Gasteiger partial charge in [-0.25, -0.2) is 0 Å². The number of halogens is 4. The molecule has 0 atom stereocenters. The quantitative estimate of drug-likeness (QED) is 0.834. The summed E-state index contributed by atoms with van der Waals surface area (Å²) in [6.45, 7) is 0. The van der Waals surface area contributed by atoms with Gasteiger partial charge in [-0.15, -0.1) is 4.98 Å². The molecule has 1 heterocycles. The van der Waals surface area contributed by atoms with E-state index in [4.69, 9.17) is 55.9 Å². The van der Waals surface area contributed by atoms with Gasteiger partial charge in [-0.2, -0.15) is 9.97 Å². The van der Waals surface area contributed by atoms with Gasteiger partial charge in [0.15, 0.2) is 5.75 Å². The Morgan fingerprint density at radius 3 is 2.05 bits per heavy atom. The zero-order chi connectivity index (χ0) is 14.0. The lowest BCUT2D eigenvalue weighted by molar-refractivity contribution is 0.359. The van der Waals surface area contributed by atoms with Crippen LogP contribution in [0.15, 0.2) is 12.1 Å². The lowest BCUT2D eigenvalue weighted by Crippen LogP contribution is -1.99. The van der Waals surface area contributed by atoms with Crippen LogP contribution in [0.3, 0.4) is 0 Å². The molecule has 2 aromatic rings. The first-order valence-corrected chi connectivity index (χ1v) is 6.28. The molecule has 0 fully saturated rings. The van der Waals surface area contributed by atoms with Gasteiger partial charge >= 0.3 is 12.0 Å². The van der Waals surface area contributed by atoms with Crippen molar-refractivity contribution in [2.24, 2.45) is 0 Å². The number of rotatable bonds is 3. The topological polar surface area (TPSA) is 57.1 Å². The summed E-state index contributed by atoms with van der Waals surface area (Å²) in [5.41, 5.74) is 0. The minimum absolute atomic E-state index is 0.0104. The first kappa shape index (κ1) is 14.4. The van der Waals surface area contributed by atoms with Gasteiger partial charge in [0.2, 0.25) is 5.28 Å². The van der Waals surface area contributed by atoms with Gasteiger partial charge in [0.05, 0.1) is 17.2 Å². The van der Waals surface area contributed by atoms with Crippen LogP contribution in [0, 0.1) is 0 Å². The largest absolute Gasteiger partial charge is 0.467 e. The average Bonchev–Trinajstić information content (AvgIpc) is 2.33. The fraction of sp³-hybridized carbons (Fsp3) is 0.100. The van der Waals surface area contributed by atoms with E-state index in [9.17, 15) is 0 Å². The molecular weight excluding hydrogens is 336 g/mol. The van der Waals surface area contributed by atoms with Crippen LogP contribution in [0.25, 0.3) is 0 Å². The van der Waals surface area contributed by atoms with E-state index in [2.05, 4.69) is 15.0 Å². The second-order valence-corrected chi connectivity index (χ2v) is 4.76. The number of ether oxygens (including phenoxy) is 2. The molecule has 100 valence electrons. The summed E-state index contributed by atoms with van der Waals surface area (Å²) in [5, 5.41) is 0.734. The van der Waals surface area contributed by atoms with Crippen molar-refractivity contribution in [3.05, 3.63) is 32.5 Å². The van der Waals surface area contributed by atoms with Crippen LogP contribution >= 0.6 is 46.4 Å². The Morgan fingerprint density at radius 2 is 1.47 bits per heavy atom. The highest BCUT2D eigenvalue weighted by atomic mass is 35.5. The summed E-state index contributed by atoms with van der Waals surface area (Å²) in [6, 6.07) is 2.87. The van der Waals surface area contributed by atoms with Crippen molar-refractivity contribution >= 4 is 46.4 Å². The Morgan fingerprint density at radius 1 is 0.895 bits per heavy atom. The molecule has 0 saturated carbocycles. The molecule has 19 heavy (non-hydrogen) atoms. The predicted molar refractivity (Wildman–Crippen MR) is 72.9 cm³/mol. The van der Waals surface area contributed by atoms with Crippen LogP contribution in [0.5, 0.6) is 17.8 Å². The molecule has 0 aliphatic heterocycles. The molecule has 2 rings (SSSR count). The van der Waals surface area contributed by atoms with E-state index in [1.54, 1.807) is 0 Å². The molecule has 9 heteroatoms. The van der Waals surface area contributed by atoms with E-state index in [0.29, 0.717) is 5.02 Å². The van der Waals surface area contributed by atoms with Crippen molar-refractivity contribution in [2.45, 2.75) is 0 Å². The normalized spacial score (nSPS) is 10.4. The number of nitrogens with zero attached hydrogens (tertiary/aromatic N) is 3. The highest BCUT2D eigenvalue weighted by molar-refractivity contribution is 6.40. The van der Waals surface area contributed by atoms with Gasteiger partial charge in [0.25, 0.3) is 0 Å². The van der Waals surface area contributed by atoms with Crippen molar-refractivity contribution < 1.29 is 9.47 Å². The summed E-state index contributed by atoms with van der Waals surface area (Å²) < 4.78 is 10.2. The summed E-state index contributed by atoms with van der Waals surface area (Å²) in [6.07, 6.45) is 0.